The molecule has 0 amide bonds. The van der Waals surface area contributed by atoms with E-state index in [1.165, 1.54) is 0 Å². The van der Waals surface area contributed by atoms with Crippen molar-refractivity contribution in [3.05, 3.63) is 0 Å². The van der Waals surface area contributed by atoms with Gasteiger partial charge in [-0.1, -0.05) is 0 Å². The Morgan fingerprint density at radius 1 is 0.469 bits per heavy atom. The van der Waals surface area contributed by atoms with Crippen molar-refractivity contribution in [1.29, 1.82) is 0 Å². The number of aliphatic hydroxyl groups is 1. The van der Waals surface area contributed by atoms with Crippen molar-refractivity contribution in [3.63, 3.8) is 0 Å². The van der Waals surface area contributed by atoms with Gasteiger partial charge in [-0.15, -0.1) is 0 Å². The summed E-state index contributed by atoms with van der Waals surface area (Å²) in [5.74, 6) is -47.9. The van der Waals surface area contributed by atoms with Crippen molar-refractivity contribution in [2.75, 3.05) is 6.61 Å². The van der Waals surface area contributed by atoms with E-state index in [0.717, 1.165) is 4.74 Å². The van der Waals surface area contributed by atoms with Gasteiger partial charge in [0.05, 0.1) is 0 Å². The van der Waals surface area contributed by atoms with Crippen LogP contribution in [0.3, 0.4) is 0 Å². The maximum atomic E-state index is 13.3. The maximum Gasteiger partial charge on any atom is 0.458 e. The van der Waals surface area contributed by atoms with E-state index in [-0.39, 0.29) is 0 Å². The maximum absolute atomic E-state index is 13.3. The highest BCUT2D eigenvalue weighted by molar-refractivity contribution is 5.10. The molecule has 1 N–H and O–H groups in total. The summed E-state index contributed by atoms with van der Waals surface area (Å²) in [6.07, 6.45) is -26.9. The first kappa shape index (κ1) is 30.6. The molecule has 0 radical (unpaired) electrons. The smallest absolute Gasteiger partial charge is 0.396 e. The first-order valence-electron chi connectivity index (χ1n) is 6.92. The molecule has 0 aliphatic rings. The van der Waals surface area contributed by atoms with E-state index in [9.17, 15) is 83.4 Å². The topological polar surface area (TPSA) is 29.5 Å². The first-order valence-corrected chi connectivity index (χ1v) is 6.92. The Balaban J connectivity index is 6.69. The third kappa shape index (κ3) is 4.25. The van der Waals surface area contributed by atoms with Crippen LogP contribution in [-0.4, -0.2) is 65.6 Å². The zero-order valence-corrected chi connectivity index (χ0v) is 14.0. The highest BCUT2D eigenvalue weighted by Gasteiger charge is 2.92. The van der Waals surface area contributed by atoms with Gasteiger partial charge in [0.1, 0.15) is 0 Å². The van der Waals surface area contributed by atoms with Gasteiger partial charge < -0.3 is 5.11 Å². The van der Waals surface area contributed by atoms with E-state index >= 15 is 0 Å². The summed E-state index contributed by atoms with van der Waals surface area (Å²) in [7, 11) is 0. The third-order valence-corrected chi connectivity index (χ3v) is 3.43. The third-order valence-electron chi connectivity index (χ3n) is 3.43. The van der Waals surface area contributed by atoms with Crippen molar-refractivity contribution in [2.24, 2.45) is 0 Å². The van der Waals surface area contributed by atoms with Crippen LogP contribution in [0.4, 0.5) is 83.4 Å². The average Bonchev–Trinajstić information content (AvgIpc) is 2.51. The van der Waals surface area contributed by atoms with E-state index in [1.54, 1.807) is 0 Å². The van der Waals surface area contributed by atoms with Crippen LogP contribution in [0.5, 0.6) is 0 Å². The molecule has 0 atom stereocenters. The summed E-state index contributed by atoms with van der Waals surface area (Å²) in [6.45, 7) is -2.22. The molecule has 0 spiro atoms. The van der Waals surface area contributed by atoms with Crippen molar-refractivity contribution in [3.8, 4) is 0 Å². The van der Waals surface area contributed by atoms with Crippen LogP contribution in [0.2, 0.25) is 0 Å². The summed E-state index contributed by atoms with van der Waals surface area (Å²) in [5, 5.41) is 8.01. The Morgan fingerprint density at radius 3 is 1.06 bits per heavy atom. The highest BCUT2D eigenvalue weighted by atomic mass is 19.4. The number of rotatable bonds is 9. The zero-order valence-electron chi connectivity index (χ0n) is 14.0. The van der Waals surface area contributed by atoms with Crippen LogP contribution in [0, 0.1) is 0 Å². The molecule has 0 bridgehead atoms. The monoisotopic (exact) mass is 530 g/mol. The normalized spacial score (nSPS) is 16.5. The molecule has 0 saturated carbocycles. The van der Waals surface area contributed by atoms with Crippen LogP contribution in [0.15, 0.2) is 0 Å². The highest BCUT2D eigenvalue weighted by Crippen LogP contribution is 2.62. The summed E-state index contributed by atoms with van der Waals surface area (Å²) in [5.41, 5.74) is 0. The minimum absolute atomic E-state index is 1.06. The molecule has 0 unspecified atom stereocenters. The lowest BCUT2D eigenvalue weighted by Gasteiger charge is -2.42. The second kappa shape index (κ2) is 7.83. The van der Waals surface area contributed by atoms with Gasteiger partial charge in [-0.2, -0.15) is 83.4 Å². The van der Waals surface area contributed by atoms with Gasteiger partial charge in [0, 0.05) is 13.0 Å². The molecular weight excluding hydrogens is 525 g/mol. The van der Waals surface area contributed by atoms with Crippen LogP contribution in [0.25, 0.3) is 0 Å². The fraction of sp³-hybridized carbons (Fsp3) is 1.00. The molecular formula is C11H5F19O2. The van der Waals surface area contributed by atoms with E-state index in [1.807, 2.05) is 0 Å². The van der Waals surface area contributed by atoms with Gasteiger partial charge >= 0.3 is 53.9 Å². The van der Waals surface area contributed by atoms with Crippen molar-refractivity contribution in [2.45, 2.75) is 60.3 Å². The number of aliphatic hydroxyl groups excluding tert-OH is 1. The lowest BCUT2D eigenvalue weighted by atomic mass is 9.92. The van der Waals surface area contributed by atoms with Crippen LogP contribution < -0.4 is 0 Å². The predicted molar refractivity (Wildman–Crippen MR) is 58.4 cm³/mol. The molecule has 0 aromatic heterocycles. The Morgan fingerprint density at radius 2 is 0.781 bits per heavy atom. The predicted octanol–water partition coefficient (Wildman–Crippen LogP) is 5.95. The zero-order chi connectivity index (χ0) is 26.6. The summed E-state index contributed by atoms with van der Waals surface area (Å²) >= 11 is 0. The molecule has 0 aliphatic heterocycles. The Bertz CT molecular complexity index is 645. The summed E-state index contributed by atoms with van der Waals surface area (Å²) in [6, 6.07) is 0. The van der Waals surface area contributed by atoms with Gasteiger partial charge in [-0.25, -0.2) is 0 Å². The second-order valence-corrected chi connectivity index (χ2v) is 5.69. The fourth-order valence-corrected chi connectivity index (χ4v) is 1.62. The van der Waals surface area contributed by atoms with Gasteiger partial charge in [-0.3, -0.25) is 4.74 Å². The van der Waals surface area contributed by atoms with Crippen molar-refractivity contribution >= 4 is 0 Å². The van der Waals surface area contributed by atoms with Gasteiger partial charge in [0.25, 0.3) is 0 Å². The van der Waals surface area contributed by atoms with E-state index < -0.39 is 67.0 Å². The SMILES string of the molecule is OCCC(F)(F)C(F)(F)C(F)(F)C(F)(F)C(F)(F)C(F)(F)OC(F)(C(F)(F)F)C(F)(F)F. The number of hydrogen-bond donors (Lipinski definition) is 1. The average molecular weight is 530 g/mol. The number of halogens is 19. The molecule has 0 aromatic rings. The quantitative estimate of drug-likeness (QED) is 0.374. The van der Waals surface area contributed by atoms with Gasteiger partial charge in [0.15, 0.2) is 0 Å². The molecule has 32 heavy (non-hydrogen) atoms. The van der Waals surface area contributed by atoms with E-state index in [4.69, 9.17) is 5.11 Å². The van der Waals surface area contributed by atoms with Crippen LogP contribution in [-0.2, 0) is 4.74 Å². The lowest BCUT2D eigenvalue weighted by molar-refractivity contribution is -0.526. The fourth-order valence-electron chi connectivity index (χ4n) is 1.62. The molecule has 194 valence electrons. The molecule has 2 nitrogen and oxygen atoms in total. The first-order chi connectivity index (χ1) is 13.5. The second-order valence-electron chi connectivity index (χ2n) is 5.69. The van der Waals surface area contributed by atoms with Crippen molar-refractivity contribution in [1.82, 2.24) is 0 Å². The molecule has 0 heterocycles. The molecule has 21 heteroatoms. The number of hydrogen-bond acceptors (Lipinski definition) is 2. The molecule has 0 fully saturated rings. The largest absolute Gasteiger partial charge is 0.458 e. The van der Waals surface area contributed by atoms with E-state index in [0.29, 0.717) is 0 Å². The molecule has 0 aliphatic carbocycles. The minimum Gasteiger partial charge on any atom is -0.396 e. The summed E-state index contributed by atoms with van der Waals surface area (Å²) < 4.78 is 245. The van der Waals surface area contributed by atoms with Crippen LogP contribution >= 0.6 is 0 Å². The minimum atomic E-state index is -8.62. The Kier molecular flexibility index (Phi) is 7.48. The molecule has 0 rings (SSSR count). The van der Waals surface area contributed by atoms with Crippen molar-refractivity contribution < 1.29 is 93.3 Å². The summed E-state index contributed by atoms with van der Waals surface area (Å²) in [4.78, 5) is 0. The Hall–Kier alpha value is -1.41. The van der Waals surface area contributed by atoms with E-state index in [2.05, 4.69) is 0 Å². The Labute approximate surface area is 161 Å². The van der Waals surface area contributed by atoms with Crippen LogP contribution in [0.1, 0.15) is 6.42 Å². The molecule has 0 saturated heterocycles. The lowest BCUT2D eigenvalue weighted by Crippen LogP contribution is -2.72. The standard InChI is InChI=1S/C11H5F19O2/c12-3(13,1-2-31)4(14,15)5(16,17)6(18,19)7(20,21)11(29,30)32-8(22,9(23,24)25)10(26,27)28/h31H,1-2H2. The number of alkyl halides is 19. The molecule has 0 aromatic carbocycles. The van der Waals surface area contributed by atoms with Gasteiger partial charge in [0.2, 0.25) is 0 Å². The number of ether oxygens (including phenoxy) is 1. The van der Waals surface area contributed by atoms with Gasteiger partial charge in [-0.05, 0) is 0 Å².